The summed E-state index contributed by atoms with van der Waals surface area (Å²) in [5, 5.41) is 0. The lowest BCUT2D eigenvalue weighted by molar-refractivity contribution is -0.149. The number of hydrogen-bond donors (Lipinski definition) is 0. The summed E-state index contributed by atoms with van der Waals surface area (Å²) in [6.45, 7) is 4.67. The van der Waals surface area contributed by atoms with Crippen molar-refractivity contribution in [3.05, 3.63) is 65.2 Å². The average Bonchev–Trinajstić information content (AvgIpc) is 3.18. The molecular formula is C24H27NO5. The molecule has 0 spiro atoms. The number of hydrogen-bond acceptors (Lipinski definition) is 5. The van der Waals surface area contributed by atoms with Crippen molar-refractivity contribution in [2.75, 3.05) is 18.6 Å². The van der Waals surface area contributed by atoms with Gasteiger partial charge in [0, 0.05) is 18.7 Å². The number of para-hydroxylation sites is 1. The number of anilines is 1. The van der Waals surface area contributed by atoms with E-state index in [2.05, 4.69) is 18.6 Å². The minimum atomic E-state index is -0.489. The molecular weight excluding hydrogens is 382 g/mol. The molecule has 1 fully saturated rings. The first kappa shape index (κ1) is 21.6. The van der Waals surface area contributed by atoms with Crippen LogP contribution in [0.2, 0.25) is 0 Å². The van der Waals surface area contributed by atoms with E-state index in [4.69, 9.17) is 4.74 Å². The molecule has 1 amide bonds. The normalized spacial score (nSPS) is 17.0. The molecule has 6 nitrogen and oxygen atoms in total. The smallest absolute Gasteiger partial charge is 0.337 e. The Morgan fingerprint density at radius 3 is 2.50 bits per heavy atom. The Morgan fingerprint density at radius 1 is 1.13 bits per heavy atom. The summed E-state index contributed by atoms with van der Waals surface area (Å²) in [6.07, 6.45) is 1.12. The van der Waals surface area contributed by atoms with E-state index in [1.54, 1.807) is 29.2 Å². The molecule has 1 heterocycles. The fourth-order valence-corrected chi connectivity index (χ4v) is 3.60. The number of ether oxygens (including phenoxy) is 2. The van der Waals surface area contributed by atoms with Gasteiger partial charge in [0.25, 0.3) is 0 Å². The van der Waals surface area contributed by atoms with E-state index < -0.39 is 11.9 Å². The van der Waals surface area contributed by atoms with Gasteiger partial charge in [-0.15, -0.1) is 0 Å². The second kappa shape index (κ2) is 9.57. The summed E-state index contributed by atoms with van der Waals surface area (Å²) in [6, 6.07) is 14.6. The van der Waals surface area contributed by atoms with Crippen molar-refractivity contribution in [2.24, 2.45) is 5.92 Å². The van der Waals surface area contributed by atoms with E-state index in [1.165, 1.54) is 7.11 Å². The SMILES string of the molecule is CC[C@@H](C)c1ccccc1N1C[C@@H](C(=O)OCc2ccc(C(=O)OC)cc2)CC1=O. The van der Waals surface area contributed by atoms with Gasteiger partial charge in [-0.3, -0.25) is 9.59 Å². The third-order valence-corrected chi connectivity index (χ3v) is 5.59. The van der Waals surface area contributed by atoms with Crippen molar-refractivity contribution < 1.29 is 23.9 Å². The highest BCUT2D eigenvalue weighted by Gasteiger charge is 2.37. The minimum absolute atomic E-state index is 0.0601. The van der Waals surface area contributed by atoms with Crippen LogP contribution in [0.15, 0.2) is 48.5 Å². The van der Waals surface area contributed by atoms with Gasteiger partial charge in [0.2, 0.25) is 5.91 Å². The molecule has 0 radical (unpaired) electrons. The number of carbonyl (C=O) groups is 3. The highest BCUT2D eigenvalue weighted by Crippen LogP contribution is 2.33. The van der Waals surface area contributed by atoms with Crippen LogP contribution in [0, 0.1) is 5.92 Å². The summed E-state index contributed by atoms with van der Waals surface area (Å²) < 4.78 is 10.1. The number of amides is 1. The number of benzene rings is 2. The van der Waals surface area contributed by atoms with Crippen LogP contribution in [-0.4, -0.2) is 31.5 Å². The molecule has 1 aliphatic heterocycles. The molecule has 1 aliphatic rings. The second-order valence-corrected chi connectivity index (χ2v) is 7.57. The zero-order valence-electron chi connectivity index (χ0n) is 17.6. The van der Waals surface area contributed by atoms with Gasteiger partial charge < -0.3 is 14.4 Å². The van der Waals surface area contributed by atoms with Crippen LogP contribution in [0.5, 0.6) is 0 Å². The zero-order chi connectivity index (χ0) is 21.7. The van der Waals surface area contributed by atoms with Gasteiger partial charge in [-0.25, -0.2) is 4.79 Å². The Hall–Kier alpha value is -3.15. The summed E-state index contributed by atoms with van der Waals surface area (Å²) in [5.74, 6) is -1.02. The first-order valence-corrected chi connectivity index (χ1v) is 10.2. The summed E-state index contributed by atoms with van der Waals surface area (Å²) in [5.41, 5.74) is 3.20. The first-order valence-electron chi connectivity index (χ1n) is 10.2. The van der Waals surface area contributed by atoms with Gasteiger partial charge in [-0.1, -0.05) is 44.2 Å². The molecule has 0 bridgehead atoms. The third-order valence-electron chi connectivity index (χ3n) is 5.59. The average molecular weight is 409 g/mol. The molecule has 2 aromatic rings. The van der Waals surface area contributed by atoms with E-state index in [0.717, 1.165) is 23.2 Å². The van der Waals surface area contributed by atoms with E-state index >= 15 is 0 Å². The lowest BCUT2D eigenvalue weighted by Gasteiger charge is -2.23. The molecule has 2 aromatic carbocycles. The minimum Gasteiger partial charge on any atom is -0.465 e. The fraction of sp³-hybridized carbons (Fsp3) is 0.375. The van der Waals surface area contributed by atoms with Gasteiger partial charge in [0.1, 0.15) is 6.61 Å². The largest absolute Gasteiger partial charge is 0.465 e. The number of carbonyl (C=O) groups excluding carboxylic acids is 3. The standard InChI is InChI=1S/C24H27NO5/c1-4-16(2)20-7-5-6-8-21(20)25-14-19(13-22(25)26)24(28)30-15-17-9-11-18(12-10-17)23(27)29-3/h5-12,16,19H,4,13-15H2,1-3H3/t16-,19+/m1/s1. The number of rotatable bonds is 7. The van der Waals surface area contributed by atoms with Crippen LogP contribution in [0.3, 0.4) is 0 Å². The molecule has 0 unspecified atom stereocenters. The highest BCUT2D eigenvalue weighted by atomic mass is 16.5. The quantitative estimate of drug-likeness (QED) is 0.644. The molecule has 0 N–H and O–H groups in total. The molecule has 3 rings (SSSR count). The van der Waals surface area contributed by atoms with Crippen molar-refractivity contribution in [3.8, 4) is 0 Å². The first-order chi connectivity index (χ1) is 14.4. The predicted octanol–water partition coefficient (Wildman–Crippen LogP) is 4.08. The maximum Gasteiger partial charge on any atom is 0.337 e. The van der Waals surface area contributed by atoms with Gasteiger partial charge in [0.15, 0.2) is 0 Å². The van der Waals surface area contributed by atoms with Crippen molar-refractivity contribution in [3.63, 3.8) is 0 Å². The van der Waals surface area contributed by atoms with E-state index in [9.17, 15) is 14.4 Å². The van der Waals surface area contributed by atoms with Crippen molar-refractivity contribution in [2.45, 2.75) is 39.2 Å². The Morgan fingerprint density at radius 2 is 1.83 bits per heavy atom. The lowest BCUT2D eigenvalue weighted by atomic mass is 9.96. The summed E-state index contributed by atoms with van der Waals surface area (Å²) >= 11 is 0. The van der Waals surface area contributed by atoms with Crippen LogP contribution in [0.25, 0.3) is 0 Å². The van der Waals surface area contributed by atoms with Crippen LogP contribution >= 0.6 is 0 Å². The number of methoxy groups -OCH3 is 1. The zero-order valence-corrected chi connectivity index (χ0v) is 17.6. The lowest BCUT2D eigenvalue weighted by Crippen LogP contribution is -2.27. The van der Waals surface area contributed by atoms with Crippen LogP contribution in [0.1, 0.15) is 54.1 Å². The van der Waals surface area contributed by atoms with Gasteiger partial charge in [-0.2, -0.15) is 0 Å². The third kappa shape index (κ3) is 4.70. The summed E-state index contributed by atoms with van der Waals surface area (Å²) in [7, 11) is 1.32. The topological polar surface area (TPSA) is 72.9 Å². The molecule has 30 heavy (non-hydrogen) atoms. The molecule has 0 aromatic heterocycles. The Balaban J connectivity index is 1.62. The van der Waals surface area contributed by atoms with E-state index in [0.29, 0.717) is 18.0 Å². The maximum atomic E-state index is 12.6. The predicted molar refractivity (Wildman–Crippen MR) is 113 cm³/mol. The Bertz CT molecular complexity index is 921. The molecule has 6 heteroatoms. The second-order valence-electron chi connectivity index (χ2n) is 7.57. The van der Waals surface area contributed by atoms with E-state index in [1.807, 2.05) is 24.3 Å². The van der Waals surface area contributed by atoms with Crippen LogP contribution in [-0.2, 0) is 25.7 Å². The Kier molecular flexibility index (Phi) is 6.87. The molecule has 0 aliphatic carbocycles. The Labute approximate surface area is 176 Å². The van der Waals surface area contributed by atoms with Crippen molar-refractivity contribution in [1.29, 1.82) is 0 Å². The molecule has 1 saturated heterocycles. The van der Waals surface area contributed by atoms with Gasteiger partial charge in [0.05, 0.1) is 18.6 Å². The number of esters is 2. The number of nitrogens with zero attached hydrogens (tertiary/aromatic N) is 1. The summed E-state index contributed by atoms with van der Waals surface area (Å²) in [4.78, 5) is 38.4. The van der Waals surface area contributed by atoms with Crippen LogP contribution in [0.4, 0.5) is 5.69 Å². The monoisotopic (exact) mass is 409 g/mol. The highest BCUT2D eigenvalue weighted by molar-refractivity contribution is 6.00. The molecule has 158 valence electrons. The fourth-order valence-electron chi connectivity index (χ4n) is 3.60. The maximum absolute atomic E-state index is 12.6. The van der Waals surface area contributed by atoms with E-state index in [-0.39, 0.29) is 24.9 Å². The van der Waals surface area contributed by atoms with Crippen molar-refractivity contribution in [1.82, 2.24) is 0 Å². The van der Waals surface area contributed by atoms with Crippen molar-refractivity contribution >= 4 is 23.5 Å². The molecule has 0 saturated carbocycles. The van der Waals surface area contributed by atoms with Gasteiger partial charge >= 0.3 is 11.9 Å². The van der Waals surface area contributed by atoms with Crippen LogP contribution < -0.4 is 4.90 Å². The van der Waals surface area contributed by atoms with Gasteiger partial charge in [-0.05, 0) is 41.7 Å². The molecule has 2 atom stereocenters.